The van der Waals surface area contributed by atoms with E-state index in [1.165, 1.54) is 18.4 Å². The Balaban J connectivity index is 2.10. The molecule has 0 amide bonds. The Kier molecular flexibility index (Phi) is 1.66. The highest BCUT2D eigenvalue weighted by molar-refractivity contribution is 5.33. The fraction of sp³-hybridized carbons (Fsp3) is 0.500. The van der Waals surface area contributed by atoms with Gasteiger partial charge in [0.1, 0.15) is 0 Å². The molecular weight excluding hydrogens is 160 g/mol. The Morgan fingerprint density at radius 2 is 2.08 bits per heavy atom. The lowest BCUT2D eigenvalue weighted by molar-refractivity contribution is 0.0118. The molecule has 2 heterocycles. The van der Waals surface area contributed by atoms with Gasteiger partial charge in [0.05, 0.1) is 12.7 Å². The summed E-state index contributed by atoms with van der Waals surface area (Å²) in [6.45, 7) is 0.946. The first kappa shape index (κ1) is 7.57. The summed E-state index contributed by atoms with van der Waals surface area (Å²) in [6.07, 6.45) is 4.20. The van der Waals surface area contributed by atoms with Crippen molar-refractivity contribution in [3.8, 4) is 0 Å². The third kappa shape index (κ3) is 1.19. The molecule has 2 bridgehead atoms. The van der Waals surface area contributed by atoms with Crippen LogP contribution in [0.5, 0.6) is 0 Å². The molecule has 1 fully saturated rings. The van der Waals surface area contributed by atoms with E-state index in [2.05, 4.69) is 24.3 Å². The van der Waals surface area contributed by atoms with Crippen LogP contribution in [-0.2, 0) is 11.2 Å². The van der Waals surface area contributed by atoms with E-state index >= 15 is 0 Å². The van der Waals surface area contributed by atoms with Crippen molar-refractivity contribution >= 4 is 0 Å². The maximum absolute atomic E-state index is 5.78. The number of hydrogen-bond donors (Lipinski definition) is 0. The molecule has 3 aliphatic rings. The van der Waals surface area contributed by atoms with Crippen LogP contribution in [0.2, 0.25) is 0 Å². The zero-order valence-corrected chi connectivity index (χ0v) is 7.70. The van der Waals surface area contributed by atoms with Gasteiger partial charge in [0.25, 0.3) is 0 Å². The van der Waals surface area contributed by atoms with Gasteiger partial charge in [0.2, 0.25) is 0 Å². The molecule has 1 saturated heterocycles. The van der Waals surface area contributed by atoms with Gasteiger partial charge in [0, 0.05) is 5.92 Å². The van der Waals surface area contributed by atoms with Gasteiger partial charge >= 0.3 is 0 Å². The summed E-state index contributed by atoms with van der Waals surface area (Å²) in [5, 5.41) is 0. The molecule has 1 nitrogen and oxygen atoms in total. The van der Waals surface area contributed by atoms with E-state index in [0.717, 1.165) is 13.0 Å². The van der Waals surface area contributed by atoms with Gasteiger partial charge < -0.3 is 4.74 Å². The topological polar surface area (TPSA) is 9.23 Å². The van der Waals surface area contributed by atoms with Crippen LogP contribution in [0.15, 0.2) is 24.3 Å². The van der Waals surface area contributed by atoms with E-state index in [1.54, 1.807) is 5.56 Å². The first-order chi connectivity index (χ1) is 6.43. The van der Waals surface area contributed by atoms with Crippen molar-refractivity contribution in [2.45, 2.75) is 31.3 Å². The molecule has 0 aromatic heterocycles. The number of rotatable bonds is 0. The van der Waals surface area contributed by atoms with Crippen LogP contribution in [0.4, 0.5) is 0 Å². The molecule has 2 aliphatic heterocycles. The van der Waals surface area contributed by atoms with Crippen LogP contribution < -0.4 is 0 Å². The molecule has 2 unspecified atom stereocenters. The van der Waals surface area contributed by atoms with Gasteiger partial charge in [0.15, 0.2) is 0 Å². The predicted molar refractivity (Wildman–Crippen MR) is 51.9 cm³/mol. The van der Waals surface area contributed by atoms with Crippen molar-refractivity contribution in [2.24, 2.45) is 0 Å². The third-order valence-corrected chi connectivity index (χ3v) is 3.31. The maximum atomic E-state index is 5.78. The summed E-state index contributed by atoms with van der Waals surface area (Å²) < 4.78 is 5.78. The monoisotopic (exact) mass is 174 g/mol. The van der Waals surface area contributed by atoms with E-state index in [1.807, 2.05) is 0 Å². The van der Waals surface area contributed by atoms with Crippen molar-refractivity contribution in [3.05, 3.63) is 35.4 Å². The highest BCUT2D eigenvalue weighted by Crippen LogP contribution is 2.36. The Morgan fingerprint density at radius 3 is 2.92 bits per heavy atom. The molecule has 0 radical (unpaired) electrons. The molecule has 0 saturated carbocycles. The lowest BCUT2D eigenvalue weighted by atomic mass is 9.93. The van der Waals surface area contributed by atoms with Crippen LogP contribution in [0.3, 0.4) is 0 Å². The normalized spacial score (nSPS) is 31.1. The maximum Gasteiger partial charge on any atom is 0.0616 e. The Bertz CT molecular complexity index is 311. The first-order valence-electron chi connectivity index (χ1n) is 5.13. The molecule has 1 heteroatoms. The summed E-state index contributed by atoms with van der Waals surface area (Å²) in [5.74, 6) is 0.676. The minimum Gasteiger partial charge on any atom is -0.377 e. The van der Waals surface area contributed by atoms with E-state index < -0.39 is 0 Å². The second-order valence-corrected chi connectivity index (χ2v) is 4.13. The zero-order valence-electron chi connectivity index (χ0n) is 7.70. The molecule has 0 spiro atoms. The van der Waals surface area contributed by atoms with Crippen molar-refractivity contribution in [1.82, 2.24) is 0 Å². The Labute approximate surface area is 78.7 Å². The van der Waals surface area contributed by atoms with Crippen LogP contribution in [0.1, 0.15) is 29.9 Å². The lowest BCUT2D eigenvalue weighted by Crippen LogP contribution is -2.21. The molecule has 2 atom stereocenters. The quantitative estimate of drug-likeness (QED) is 0.587. The highest BCUT2D eigenvalue weighted by atomic mass is 16.5. The van der Waals surface area contributed by atoms with Crippen molar-refractivity contribution in [3.63, 3.8) is 0 Å². The summed E-state index contributed by atoms with van der Waals surface area (Å²) >= 11 is 0. The van der Waals surface area contributed by atoms with Gasteiger partial charge in [-0.2, -0.15) is 0 Å². The van der Waals surface area contributed by atoms with Crippen LogP contribution in [0.25, 0.3) is 0 Å². The van der Waals surface area contributed by atoms with Crippen molar-refractivity contribution in [1.29, 1.82) is 0 Å². The highest BCUT2D eigenvalue weighted by Gasteiger charge is 2.29. The SMILES string of the molecule is c1ccc2c(c1)CC1CCC2CO1. The summed E-state index contributed by atoms with van der Waals surface area (Å²) in [6, 6.07) is 8.83. The van der Waals surface area contributed by atoms with Crippen LogP contribution in [-0.4, -0.2) is 12.7 Å². The molecule has 13 heavy (non-hydrogen) atoms. The molecule has 0 N–H and O–H groups in total. The summed E-state index contributed by atoms with van der Waals surface area (Å²) in [4.78, 5) is 0. The van der Waals surface area contributed by atoms with Gasteiger partial charge in [-0.05, 0) is 30.4 Å². The van der Waals surface area contributed by atoms with E-state index in [-0.39, 0.29) is 0 Å². The fourth-order valence-electron chi connectivity index (χ4n) is 2.58. The van der Waals surface area contributed by atoms with Crippen molar-refractivity contribution < 1.29 is 4.74 Å². The van der Waals surface area contributed by atoms with Gasteiger partial charge in [-0.15, -0.1) is 0 Å². The summed E-state index contributed by atoms with van der Waals surface area (Å²) in [7, 11) is 0. The molecule has 1 aromatic rings. The number of hydrogen-bond acceptors (Lipinski definition) is 1. The molecule has 1 aromatic carbocycles. The van der Waals surface area contributed by atoms with Gasteiger partial charge in [-0.1, -0.05) is 24.3 Å². The Morgan fingerprint density at radius 1 is 1.15 bits per heavy atom. The average molecular weight is 174 g/mol. The molecule has 1 aliphatic carbocycles. The fourth-order valence-corrected chi connectivity index (χ4v) is 2.58. The second kappa shape index (κ2) is 2.85. The number of benzene rings is 1. The number of fused-ring (bicyclic) bond motifs is 2. The largest absolute Gasteiger partial charge is 0.377 e. The predicted octanol–water partition coefficient (Wildman–Crippen LogP) is 2.51. The zero-order chi connectivity index (χ0) is 8.67. The van der Waals surface area contributed by atoms with Crippen LogP contribution in [0, 0.1) is 0 Å². The van der Waals surface area contributed by atoms with Crippen LogP contribution >= 0.6 is 0 Å². The van der Waals surface area contributed by atoms with E-state index in [4.69, 9.17) is 4.74 Å². The smallest absolute Gasteiger partial charge is 0.0616 e. The second-order valence-electron chi connectivity index (χ2n) is 4.13. The minimum absolute atomic E-state index is 0.500. The standard InChI is InChI=1S/C12H14O/c1-2-4-12-9(3-1)7-11-6-5-10(12)8-13-11/h1-4,10-11H,5-8H2. The van der Waals surface area contributed by atoms with Gasteiger partial charge in [-0.25, -0.2) is 0 Å². The first-order valence-corrected chi connectivity index (χ1v) is 5.13. The molecule has 4 rings (SSSR count). The number of ether oxygens (including phenoxy) is 1. The average Bonchev–Trinajstić information content (AvgIpc) is 2.46. The van der Waals surface area contributed by atoms with E-state index in [9.17, 15) is 0 Å². The molecular formula is C12H14O. The van der Waals surface area contributed by atoms with Crippen molar-refractivity contribution in [2.75, 3.05) is 6.61 Å². The van der Waals surface area contributed by atoms with E-state index in [0.29, 0.717) is 12.0 Å². The third-order valence-electron chi connectivity index (χ3n) is 3.31. The Hall–Kier alpha value is -0.820. The van der Waals surface area contributed by atoms with Gasteiger partial charge in [-0.3, -0.25) is 0 Å². The lowest BCUT2D eigenvalue weighted by Gasteiger charge is -2.24. The molecule has 68 valence electrons. The minimum atomic E-state index is 0.500. The summed E-state index contributed by atoms with van der Waals surface area (Å²) in [5.41, 5.74) is 3.06.